The molecule has 0 amide bonds. The number of benzene rings is 1. The van der Waals surface area contributed by atoms with Crippen molar-refractivity contribution in [3.63, 3.8) is 0 Å². The summed E-state index contributed by atoms with van der Waals surface area (Å²) >= 11 is 2.01. The number of nitro groups is 1. The largest absolute Gasteiger partial charge is 0.321 e. The second-order valence-electron chi connectivity index (χ2n) is 2.66. The topological polar surface area (TPSA) is 88.6 Å². The number of H-pyrrole nitrogens is 1. The van der Waals surface area contributed by atoms with Crippen molar-refractivity contribution in [1.29, 1.82) is 0 Å². The number of halogens is 1. The maximum absolute atomic E-state index is 10.8. The average molecular weight is 318 g/mol. The maximum atomic E-state index is 10.8. The minimum atomic E-state index is -0.451. The molecule has 0 bridgehead atoms. The summed E-state index contributed by atoms with van der Waals surface area (Å²) in [7, 11) is 0. The predicted molar refractivity (Wildman–Crippen MR) is 57.3 cm³/mol. The Morgan fingerprint density at radius 1 is 1.53 bits per heavy atom. The summed E-state index contributed by atoms with van der Waals surface area (Å²) in [6.07, 6.45) is 1.28. The standard InChI is InChI=1S/C7H4IN5O2/c8-5-1-2-6(7(3-5)13(14)15)12-10-4-9-11-12/h1-4H/p+1. The van der Waals surface area contributed by atoms with E-state index < -0.39 is 4.92 Å². The van der Waals surface area contributed by atoms with Crippen LogP contribution in [-0.4, -0.2) is 20.3 Å². The second kappa shape index (κ2) is 3.88. The third-order valence-electron chi connectivity index (χ3n) is 1.74. The van der Waals surface area contributed by atoms with Crippen molar-refractivity contribution in [2.45, 2.75) is 0 Å². The van der Waals surface area contributed by atoms with Crippen LogP contribution in [0, 0.1) is 13.7 Å². The van der Waals surface area contributed by atoms with Crippen molar-refractivity contribution in [3.8, 4) is 5.69 Å². The van der Waals surface area contributed by atoms with Gasteiger partial charge in [-0.25, -0.2) is 0 Å². The molecule has 8 heteroatoms. The molecule has 76 valence electrons. The first kappa shape index (κ1) is 9.96. The molecule has 0 unspecified atom stereocenters. The summed E-state index contributed by atoms with van der Waals surface area (Å²) < 4.78 is 0.795. The van der Waals surface area contributed by atoms with Crippen molar-refractivity contribution in [3.05, 3.63) is 38.2 Å². The second-order valence-corrected chi connectivity index (χ2v) is 3.91. The van der Waals surface area contributed by atoms with Gasteiger partial charge in [0, 0.05) is 9.64 Å². The van der Waals surface area contributed by atoms with Crippen LogP contribution in [0.15, 0.2) is 24.5 Å². The monoisotopic (exact) mass is 318 g/mol. The van der Waals surface area contributed by atoms with Gasteiger partial charge in [0.05, 0.1) is 10.0 Å². The Morgan fingerprint density at radius 2 is 2.33 bits per heavy atom. The molecule has 7 nitrogen and oxygen atoms in total. The fourth-order valence-electron chi connectivity index (χ4n) is 1.12. The smallest absolute Gasteiger partial charge is 0.258 e. The average Bonchev–Trinajstić information content (AvgIpc) is 2.70. The summed E-state index contributed by atoms with van der Waals surface area (Å²) in [6, 6.07) is 4.86. The molecule has 0 aliphatic carbocycles. The van der Waals surface area contributed by atoms with E-state index in [9.17, 15) is 10.1 Å². The van der Waals surface area contributed by atoms with Crippen LogP contribution in [0.5, 0.6) is 0 Å². The first-order valence-electron chi connectivity index (χ1n) is 3.90. The van der Waals surface area contributed by atoms with Gasteiger partial charge in [0.25, 0.3) is 12.0 Å². The summed E-state index contributed by atoms with van der Waals surface area (Å²) in [5.41, 5.74) is 0.349. The molecule has 15 heavy (non-hydrogen) atoms. The molecular formula is C7H5IN5O2+. The highest BCUT2D eigenvalue weighted by molar-refractivity contribution is 14.1. The fourth-order valence-corrected chi connectivity index (χ4v) is 1.60. The first-order chi connectivity index (χ1) is 7.18. The molecule has 0 spiro atoms. The van der Waals surface area contributed by atoms with Crippen LogP contribution in [0.25, 0.3) is 5.69 Å². The lowest BCUT2D eigenvalue weighted by atomic mass is 10.3. The normalized spacial score (nSPS) is 10.2. The Morgan fingerprint density at radius 3 is 2.93 bits per heavy atom. The lowest BCUT2D eigenvalue weighted by molar-refractivity contribution is -0.719. The highest BCUT2D eigenvalue weighted by atomic mass is 127. The highest BCUT2D eigenvalue weighted by Crippen LogP contribution is 2.20. The number of aromatic amines is 1. The van der Waals surface area contributed by atoms with Gasteiger partial charge in [-0.3, -0.25) is 10.1 Å². The van der Waals surface area contributed by atoms with E-state index >= 15 is 0 Å². The number of nitrogens with one attached hydrogen (secondary N) is 1. The van der Waals surface area contributed by atoms with Crippen molar-refractivity contribution >= 4 is 28.3 Å². The van der Waals surface area contributed by atoms with E-state index in [0.717, 1.165) is 3.57 Å². The molecule has 1 heterocycles. The van der Waals surface area contributed by atoms with Gasteiger partial charge in [-0.05, 0) is 49.8 Å². The summed E-state index contributed by atoms with van der Waals surface area (Å²) in [5, 5.41) is 20.7. The quantitative estimate of drug-likeness (QED) is 0.380. The van der Waals surface area contributed by atoms with Gasteiger partial charge < -0.3 is 0 Å². The van der Waals surface area contributed by atoms with Crippen LogP contribution < -0.4 is 4.80 Å². The van der Waals surface area contributed by atoms with Crippen molar-refractivity contribution in [1.82, 2.24) is 15.4 Å². The third kappa shape index (κ3) is 1.93. The van der Waals surface area contributed by atoms with E-state index in [1.807, 2.05) is 22.6 Å². The van der Waals surface area contributed by atoms with Gasteiger partial charge in [-0.2, -0.15) is 0 Å². The number of aromatic nitrogens is 4. The molecule has 0 aliphatic heterocycles. The molecule has 1 N–H and O–H groups in total. The van der Waals surface area contributed by atoms with Gasteiger partial charge in [-0.1, -0.05) is 0 Å². The van der Waals surface area contributed by atoms with Crippen LogP contribution >= 0.6 is 22.6 Å². The number of nitrogens with zero attached hydrogens (tertiary/aromatic N) is 4. The third-order valence-corrected chi connectivity index (χ3v) is 2.41. The number of hydrogen-bond acceptors (Lipinski definition) is 4. The van der Waals surface area contributed by atoms with Crippen molar-refractivity contribution < 1.29 is 9.72 Å². The summed E-state index contributed by atoms with van der Waals surface area (Å²) in [5.74, 6) is 0. The van der Waals surface area contributed by atoms with E-state index in [2.05, 4.69) is 15.4 Å². The SMILES string of the molecule is O=[N+]([O-])c1cc(I)ccc1-[n+]1ncn[nH]1. The minimum absolute atomic E-state index is 0.0105. The lowest BCUT2D eigenvalue weighted by Crippen LogP contribution is -2.36. The molecule has 0 atom stereocenters. The summed E-state index contributed by atoms with van der Waals surface area (Å²) in [6.45, 7) is 0. The molecule has 0 saturated carbocycles. The lowest BCUT2D eigenvalue weighted by Gasteiger charge is -1.96. The molecule has 1 aromatic heterocycles. The molecule has 0 fully saturated rings. The van der Waals surface area contributed by atoms with Gasteiger partial charge in [0.15, 0.2) is 0 Å². The van der Waals surface area contributed by atoms with E-state index in [4.69, 9.17) is 0 Å². The van der Waals surface area contributed by atoms with Crippen molar-refractivity contribution in [2.24, 2.45) is 0 Å². The molecule has 2 rings (SSSR count). The molecule has 1 aromatic carbocycles. The number of tetrazole rings is 1. The van der Waals surface area contributed by atoms with Crippen LogP contribution in [0.3, 0.4) is 0 Å². The molecule has 0 saturated heterocycles. The van der Waals surface area contributed by atoms with Gasteiger partial charge in [0.2, 0.25) is 0 Å². The Hall–Kier alpha value is -1.58. The van der Waals surface area contributed by atoms with Gasteiger partial charge in [-0.15, -0.1) is 0 Å². The van der Waals surface area contributed by atoms with Crippen LogP contribution in [0.1, 0.15) is 0 Å². The highest BCUT2D eigenvalue weighted by Gasteiger charge is 2.21. The van der Waals surface area contributed by atoms with Crippen LogP contribution in [-0.2, 0) is 0 Å². The van der Waals surface area contributed by atoms with Gasteiger partial charge in [0.1, 0.15) is 0 Å². The van der Waals surface area contributed by atoms with E-state index in [1.54, 1.807) is 12.1 Å². The molecular weight excluding hydrogens is 313 g/mol. The van der Waals surface area contributed by atoms with Gasteiger partial charge >= 0.3 is 5.69 Å². The molecule has 0 radical (unpaired) electrons. The zero-order valence-electron chi connectivity index (χ0n) is 7.29. The Kier molecular flexibility index (Phi) is 2.58. The van der Waals surface area contributed by atoms with E-state index in [1.165, 1.54) is 17.2 Å². The first-order valence-corrected chi connectivity index (χ1v) is 4.98. The minimum Gasteiger partial charge on any atom is -0.258 e. The number of rotatable bonds is 2. The number of hydrogen-bond donors (Lipinski definition) is 1. The molecule has 2 aromatic rings. The Bertz CT molecular complexity index is 498. The van der Waals surface area contributed by atoms with Crippen LogP contribution in [0.2, 0.25) is 0 Å². The zero-order chi connectivity index (χ0) is 10.8. The Labute approximate surface area is 97.4 Å². The van der Waals surface area contributed by atoms with Crippen molar-refractivity contribution in [2.75, 3.05) is 0 Å². The maximum Gasteiger partial charge on any atom is 0.321 e. The predicted octanol–water partition coefficient (Wildman–Crippen LogP) is 0.594. The number of nitro benzene ring substituents is 1. The van der Waals surface area contributed by atoms with Crippen LogP contribution in [0.4, 0.5) is 5.69 Å². The van der Waals surface area contributed by atoms with E-state index in [0.29, 0.717) is 5.69 Å². The van der Waals surface area contributed by atoms with E-state index in [-0.39, 0.29) is 5.69 Å². The molecule has 0 aliphatic rings. The zero-order valence-corrected chi connectivity index (χ0v) is 9.45. The fraction of sp³-hybridized carbons (Fsp3) is 0. The summed E-state index contributed by atoms with van der Waals surface area (Å²) in [4.78, 5) is 11.6. The Balaban J connectivity index is 2.61.